The van der Waals surface area contributed by atoms with Crippen LogP contribution in [0.4, 0.5) is 5.69 Å². The fourth-order valence-electron chi connectivity index (χ4n) is 2.81. The highest BCUT2D eigenvalue weighted by Crippen LogP contribution is 2.34. The summed E-state index contributed by atoms with van der Waals surface area (Å²) in [6.45, 7) is 6.30. The predicted molar refractivity (Wildman–Crippen MR) is 109 cm³/mol. The van der Waals surface area contributed by atoms with E-state index < -0.39 is 0 Å². The number of aromatic nitrogens is 2. The van der Waals surface area contributed by atoms with E-state index in [1.54, 1.807) is 34.9 Å². The molecule has 2 heterocycles. The number of amides is 1. The largest absolute Gasteiger partial charge is 0.312 e. The predicted octanol–water partition coefficient (Wildman–Crippen LogP) is 4.31. The van der Waals surface area contributed by atoms with Gasteiger partial charge in [-0.2, -0.15) is 0 Å². The quantitative estimate of drug-likeness (QED) is 0.503. The Morgan fingerprint density at radius 3 is 2.81 bits per heavy atom. The van der Waals surface area contributed by atoms with Crippen LogP contribution in [0.2, 0.25) is 0 Å². The number of benzene rings is 1. The first-order valence-electron chi connectivity index (χ1n) is 8.57. The number of fused-ring (bicyclic) bond motifs is 1. The van der Waals surface area contributed by atoms with Crippen LogP contribution in [0.5, 0.6) is 0 Å². The third-order valence-corrected chi connectivity index (χ3v) is 7.55. The molecule has 2 aromatic rings. The summed E-state index contributed by atoms with van der Waals surface area (Å²) in [5.41, 5.74) is 2.69. The maximum atomic E-state index is 12.8. The van der Waals surface area contributed by atoms with Gasteiger partial charge >= 0.3 is 0 Å². The van der Waals surface area contributed by atoms with Crippen molar-refractivity contribution in [1.82, 2.24) is 10.2 Å². The zero-order valence-corrected chi connectivity index (χ0v) is 17.5. The summed E-state index contributed by atoms with van der Waals surface area (Å²) >= 11 is 4.71. The molecule has 26 heavy (non-hydrogen) atoms. The number of ketones is 1. The summed E-state index contributed by atoms with van der Waals surface area (Å²) in [4.78, 5) is 26.2. The molecule has 0 radical (unpaired) electrons. The molecule has 1 aliphatic rings. The van der Waals surface area contributed by atoms with Gasteiger partial charge in [0, 0.05) is 30.5 Å². The van der Waals surface area contributed by atoms with E-state index in [2.05, 4.69) is 17.1 Å². The van der Waals surface area contributed by atoms with Crippen LogP contribution in [-0.4, -0.2) is 39.4 Å². The van der Waals surface area contributed by atoms with Crippen molar-refractivity contribution in [3.05, 3.63) is 29.3 Å². The summed E-state index contributed by atoms with van der Waals surface area (Å²) < 4.78 is 1.78. The van der Waals surface area contributed by atoms with Crippen molar-refractivity contribution in [3.63, 3.8) is 0 Å². The fraction of sp³-hybridized carbons (Fsp3) is 0.444. The third kappa shape index (κ3) is 4.29. The van der Waals surface area contributed by atoms with Gasteiger partial charge in [0.25, 0.3) is 0 Å². The number of carbonyl (C=O) groups is 2. The molecule has 0 saturated carbocycles. The molecule has 0 spiro atoms. The Balaban J connectivity index is 1.67. The molecule has 0 N–H and O–H groups in total. The van der Waals surface area contributed by atoms with Crippen LogP contribution in [0, 0.1) is 0 Å². The summed E-state index contributed by atoms with van der Waals surface area (Å²) in [7, 11) is 0. The van der Waals surface area contributed by atoms with E-state index in [4.69, 9.17) is 0 Å². The lowest BCUT2D eigenvalue weighted by molar-refractivity contribution is -0.116. The first kappa shape index (κ1) is 19.4. The maximum absolute atomic E-state index is 12.8. The van der Waals surface area contributed by atoms with Crippen LogP contribution in [0.3, 0.4) is 0 Å². The van der Waals surface area contributed by atoms with Gasteiger partial charge in [0.1, 0.15) is 0 Å². The highest BCUT2D eigenvalue weighted by Gasteiger charge is 2.25. The van der Waals surface area contributed by atoms with Crippen molar-refractivity contribution in [2.24, 2.45) is 0 Å². The van der Waals surface area contributed by atoms with Gasteiger partial charge in [-0.15, -0.1) is 10.2 Å². The van der Waals surface area contributed by atoms with E-state index in [-0.39, 0.29) is 16.9 Å². The molecule has 5 nitrogen and oxygen atoms in total. The van der Waals surface area contributed by atoms with Crippen molar-refractivity contribution in [2.75, 3.05) is 17.2 Å². The number of rotatable bonds is 7. The molecular weight excluding hydrogens is 386 g/mol. The Morgan fingerprint density at radius 1 is 1.31 bits per heavy atom. The molecule has 3 rings (SSSR count). The topological polar surface area (TPSA) is 63.2 Å². The Hall–Kier alpha value is -1.38. The minimum absolute atomic E-state index is 0.0415. The van der Waals surface area contributed by atoms with Gasteiger partial charge in [-0.25, -0.2) is 0 Å². The summed E-state index contributed by atoms with van der Waals surface area (Å²) in [5.74, 6) is 1.15. The molecule has 1 aromatic carbocycles. The summed E-state index contributed by atoms with van der Waals surface area (Å²) in [6, 6.07) is 5.64. The van der Waals surface area contributed by atoms with Gasteiger partial charge in [0.15, 0.2) is 14.5 Å². The van der Waals surface area contributed by atoms with Gasteiger partial charge in [-0.1, -0.05) is 41.8 Å². The highest BCUT2D eigenvalue weighted by atomic mass is 32.2. The number of carbonyl (C=O) groups excluding carboxylic acids is 2. The smallest absolute Gasteiger partial charge is 0.223 e. The summed E-state index contributed by atoms with van der Waals surface area (Å²) in [5, 5.41) is 8.13. The van der Waals surface area contributed by atoms with E-state index in [0.717, 1.165) is 38.5 Å². The average Bonchev–Trinajstić information content (AvgIpc) is 3.25. The van der Waals surface area contributed by atoms with Crippen molar-refractivity contribution in [1.29, 1.82) is 0 Å². The number of anilines is 1. The first-order chi connectivity index (χ1) is 12.5. The molecule has 0 saturated heterocycles. The van der Waals surface area contributed by atoms with Crippen molar-refractivity contribution in [3.8, 4) is 0 Å². The number of nitrogens with zero attached hydrogens (tertiary/aromatic N) is 3. The zero-order chi connectivity index (χ0) is 18.7. The lowest BCUT2D eigenvalue weighted by Gasteiger charge is -2.15. The van der Waals surface area contributed by atoms with E-state index in [9.17, 15) is 9.59 Å². The van der Waals surface area contributed by atoms with Gasteiger partial charge in [0.05, 0.1) is 5.25 Å². The average molecular weight is 408 g/mol. The van der Waals surface area contributed by atoms with Crippen LogP contribution in [-0.2, 0) is 11.2 Å². The molecule has 1 aromatic heterocycles. The van der Waals surface area contributed by atoms with E-state index in [0.29, 0.717) is 12.1 Å². The molecule has 138 valence electrons. The lowest BCUT2D eigenvalue weighted by atomic mass is 10.0. The normalized spacial score (nSPS) is 14.3. The van der Waals surface area contributed by atoms with Crippen molar-refractivity contribution >= 4 is 52.2 Å². The molecule has 0 unspecified atom stereocenters. The van der Waals surface area contributed by atoms with Gasteiger partial charge < -0.3 is 4.90 Å². The monoisotopic (exact) mass is 407 g/mol. The van der Waals surface area contributed by atoms with Crippen molar-refractivity contribution in [2.45, 2.75) is 47.5 Å². The second-order valence-electron chi connectivity index (χ2n) is 6.07. The highest BCUT2D eigenvalue weighted by molar-refractivity contribution is 8.03. The molecule has 1 atom stereocenters. The Morgan fingerprint density at radius 2 is 2.08 bits per heavy atom. The fourth-order valence-corrected chi connectivity index (χ4v) is 5.98. The lowest BCUT2D eigenvalue weighted by Crippen LogP contribution is -2.25. The molecule has 1 amide bonds. The number of thioether (sulfide) groups is 2. The third-order valence-electron chi connectivity index (χ3n) is 4.10. The first-order valence-corrected chi connectivity index (χ1v) is 11.3. The SMILES string of the molecule is CCCSc1nnc(S[C@H](C)C(=O)c2ccc3c(c2)CCN3C(C)=O)s1. The second kappa shape index (κ2) is 8.54. The van der Waals surface area contributed by atoms with E-state index in [1.807, 2.05) is 25.1 Å². The summed E-state index contributed by atoms with van der Waals surface area (Å²) in [6.07, 6.45) is 1.90. The number of hydrogen-bond donors (Lipinski definition) is 0. The second-order valence-corrected chi connectivity index (χ2v) is 9.98. The van der Waals surface area contributed by atoms with Gasteiger partial charge in [-0.3, -0.25) is 9.59 Å². The standard InChI is InChI=1S/C18H21N3O2S3/c1-4-9-24-17-19-20-18(26-17)25-11(2)16(23)14-5-6-15-13(10-14)7-8-21(15)12(3)22/h5-6,10-11H,4,7-9H2,1-3H3/t11-/m1/s1. The van der Waals surface area contributed by atoms with Gasteiger partial charge in [0.2, 0.25) is 5.91 Å². The van der Waals surface area contributed by atoms with Crippen LogP contribution in [0.1, 0.15) is 43.1 Å². The molecule has 8 heteroatoms. The van der Waals surface area contributed by atoms with Crippen molar-refractivity contribution < 1.29 is 9.59 Å². The Bertz CT molecular complexity index is 822. The van der Waals surface area contributed by atoms with Crippen LogP contribution < -0.4 is 4.90 Å². The molecule has 0 fully saturated rings. The zero-order valence-electron chi connectivity index (χ0n) is 15.0. The Kier molecular flexibility index (Phi) is 6.37. The molecule has 0 aliphatic carbocycles. The van der Waals surface area contributed by atoms with Gasteiger partial charge in [-0.05, 0) is 43.5 Å². The maximum Gasteiger partial charge on any atom is 0.223 e. The number of Topliss-reactive ketones (excluding diaryl/α,β-unsaturated/α-hetero) is 1. The molecule has 1 aliphatic heterocycles. The van der Waals surface area contributed by atoms with Crippen LogP contribution in [0.15, 0.2) is 26.9 Å². The van der Waals surface area contributed by atoms with E-state index >= 15 is 0 Å². The minimum atomic E-state index is -0.227. The minimum Gasteiger partial charge on any atom is -0.312 e. The molecular formula is C18H21N3O2S3. The van der Waals surface area contributed by atoms with E-state index in [1.165, 1.54) is 11.8 Å². The molecule has 0 bridgehead atoms. The number of hydrogen-bond acceptors (Lipinski definition) is 7. The van der Waals surface area contributed by atoms with Crippen LogP contribution in [0.25, 0.3) is 0 Å². The van der Waals surface area contributed by atoms with Crippen LogP contribution >= 0.6 is 34.9 Å². The Labute approximate surface area is 166 Å².